The summed E-state index contributed by atoms with van der Waals surface area (Å²) in [5, 5.41) is 13.2. The molecule has 0 saturated carbocycles. The fourth-order valence-corrected chi connectivity index (χ4v) is 3.95. The monoisotopic (exact) mass is 423 g/mol. The zero-order valence-corrected chi connectivity index (χ0v) is 17.1. The lowest BCUT2D eigenvalue weighted by molar-refractivity contribution is 0.0697. The molecule has 0 amide bonds. The fourth-order valence-electron chi connectivity index (χ4n) is 3.62. The minimum Gasteiger partial charge on any atom is -0.478 e. The van der Waals surface area contributed by atoms with Crippen LogP contribution in [0.2, 0.25) is 0 Å². The Kier molecular flexibility index (Phi) is 5.78. The molecular formula is C22H21N3O4S. The molecule has 0 bridgehead atoms. The normalized spacial score (nSPS) is 18.4. The van der Waals surface area contributed by atoms with Gasteiger partial charge in [0.25, 0.3) is 0 Å². The summed E-state index contributed by atoms with van der Waals surface area (Å²) in [6.07, 6.45) is 1.75. The van der Waals surface area contributed by atoms with E-state index in [1.165, 1.54) is 0 Å². The number of methoxy groups -OCH3 is 1. The molecule has 1 fully saturated rings. The Labute approximate surface area is 179 Å². The highest BCUT2D eigenvalue weighted by molar-refractivity contribution is 7.80. The van der Waals surface area contributed by atoms with Crippen LogP contribution in [0.1, 0.15) is 33.9 Å². The van der Waals surface area contributed by atoms with Crippen LogP contribution >= 0.6 is 12.2 Å². The van der Waals surface area contributed by atoms with Gasteiger partial charge in [-0.15, -0.1) is 0 Å². The van der Waals surface area contributed by atoms with E-state index >= 15 is 0 Å². The van der Waals surface area contributed by atoms with Crippen LogP contribution in [-0.2, 0) is 4.74 Å². The molecule has 3 aromatic rings. The van der Waals surface area contributed by atoms with Gasteiger partial charge in [0.15, 0.2) is 5.11 Å². The molecule has 4 rings (SSSR count). The minimum absolute atomic E-state index is 0.181. The van der Waals surface area contributed by atoms with Crippen molar-refractivity contribution >= 4 is 23.3 Å². The van der Waals surface area contributed by atoms with Crippen molar-refractivity contribution < 1.29 is 19.1 Å². The van der Waals surface area contributed by atoms with E-state index in [-0.39, 0.29) is 17.6 Å². The molecule has 8 heteroatoms. The quantitative estimate of drug-likeness (QED) is 0.557. The third kappa shape index (κ3) is 3.92. The lowest BCUT2D eigenvalue weighted by atomic mass is 10.0. The van der Waals surface area contributed by atoms with Crippen LogP contribution in [0.3, 0.4) is 0 Å². The van der Waals surface area contributed by atoms with Crippen molar-refractivity contribution in [2.24, 2.45) is 0 Å². The number of hydrogen-bond donors (Lipinski definition) is 2. The van der Waals surface area contributed by atoms with Gasteiger partial charge in [-0.25, -0.2) is 4.79 Å². The Morgan fingerprint density at radius 2 is 2.13 bits per heavy atom. The molecule has 1 aromatic carbocycles. The number of aromatic nitrogens is 1. The minimum atomic E-state index is -0.977. The summed E-state index contributed by atoms with van der Waals surface area (Å²) in [6, 6.07) is 15.8. The molecule has 1 aliphatic heterocycles. The highest BCUT2D eigenvalue weighted by Crippen LogP contribution is 2.40. The Bertz CT molecular complexity index is 1050. The van der Waals surface area contributed by atoms with Gasteiger partial charge >= 0.3 is 5.97 Å². The summed E-state index contributed by atoms with van der Waals surface area (Å²) >= 11 is 5.58. The zero-order chi connectivity index (χ0) is 21.1. The third-order valence-corrected chi connectivity index (χ3v) is 5.40. The topological polar surface area (TPSA) is 87.8 Å². The second-order valence-electron chi connectivity index (χ2n) is 6.90. The van der Waals surface area contributed by atoms with Crippen molar-refractivity contribution in [2.45, 2.75) is 12.1 Å². The van der Waals surface area contributed by atoms with E-state index in [1.807, 2.05) is 41.3 Å². The number of furan rings is 1. The van der Waals surface area contributed by atoms with E-state index in [1.54, 1.807) is 31.5 Å². The fraction of sp³-hybridized carbons (Fsp3) is 0.227. The summed E-state index contributed by atoms with van der Waals surface area (Å²) in [6.45, 7) is 1.11. The molecule has 1 saturated heterocycles. The number of carboxylic acids is 1. The highest BCUT2D eigenvalue weighted by Gasteiger charge is 2.41. The number of pyridine rings is 1. The van der Waals surface area contributed by atoms with E-state index < -0.39 is 5.97 Å². The van der Waals surface area contributed by atoms with Crippen molar-refractivity contribution in [3.63, 3.8) is 0 Å². The Balaban J connectivity index is 1.71. The first-order valence-electron chi connectivity index (χ1n) is 9.49. The molecule has 0 unspecified atom stereocenters. The summed E-state index contributed by atoms with van der Waals surface area (Å²) in [7, 11) is 1.65. The van der Waals surface area contributed by atoms with E-state index in [0.717, 1.165) is 5.69 Å². The van der Waals surface area contributed by atoms with Crippen LogP contribution in [0.5, 0.6) is 0 Å². The first-order valence-corrected chi connectivity index (χ1v) is 9.90. The van der Waals surface area contributed by atoms with Crippen LogP contribution in [0.4, 0.5) is 0 Å². The Hall–Kier alpha value is -3.23. The molecule has 0 spiro atoms. The van der Waals surface area contributed by atoms with Crippen LogP contribution in [-0.4, -0.2) is 46.3 Å². The van der Waals surface area contributed by atoms with Gasteiger partial charge in [0.2, 0.25) is 0 Å². The highest BCUT2D eigenvalue weighted by atomic mass is 32.1. The van der Waals surface area contributed by atoms with Gasteiger partial charge in [-0.05, 0) is 48.6 Å². The number of ether oxygens (including phenoxy) is 1. The second kappa shape index (κ2) is 8.64. The van der Waals surface area contributed by atoms with Crippen LogP contribution < -0.4 is 5.32 Å². The number of aromatic carboxylic acids is 1. The Morgan fingerprint density at radius 1 is 1.27 bits per heavy atom. The first-order chi connectivity index (χ1) is 14.6. The number of carboxylic acid groups (broad SMARTS) is 1. The maximum absolute atomic E-state index is 11.3. The predicted molar refractivity (Wildman–Crippen MR) is 115 cm³/mol. The van der Waals surface area contributed by atoms with Gasteiger partial charge in [-0.3, -0.25) is 4.98 Å². The van der Waals surface area contributed by atoms with Crippen LogP contribution in [0, 0.1) is 0 Å². The summed E-state index contributed by atoms with van der Waals surface area (Å²) in [4.78, 5) is 17.8. The van der Waals surface area contributed by atoms with Crippen molar-refractivity contribution in [2.75, 3.05) is 20.3 Å². The standard InChI is InChI=1S/C22H21N3O4S/c1-28-12-11-25-20(19(24-22(25)30)16-7-2-3-10-23-16)18-9-8-17(29-18)14-5-4-6-15(13-14)21(26)27/h2-10,13,19-20H,11-12H2,1H3,(H,24,30)(H,26,27)/t19-,20+/m1/s1. The lowest BCUT2D eigenvalue weighted by Gasteiger charge is -2.25. The Morgan fingerprint density at radius 3 is 2.87 bits per heavy atom. The molecule has 154 valence electrons. The van der Waals surface area contributed by atoms with Crippen molar-refractivity contribution in [1.82, 2.24) is 15.2 Å². The van der Waals surface area contributed by atoms with Crippen LogP contribution in [0.25, 0.3) is 11.3 Å². The van der Waals surface area contributed by atoms with E-state index in [0.29, 0.717) is 35.3 Å². The molecule has 30 heavy (non-hydrogen) atoms. The number of nitrogens with zero attached hydrogens (tertiary/aromatic N) is 2. The molecule has 2 aromatic heterocycles. The molecule has 1 aliphatic rings. The molecule has 3 heterocycles. The van der Waals surface area contributed by atoms with Gasteiger partial charge in [0, 0.05) is 25.4 Å². The van der Waals surface area contributed by atoms with Gasteiger partial charge < -0.3 is 24.5 Å². The number of hydrogen-bond acceptors (Lipinski definition) is 5. The average Bonchev–Trinajstić information content (AvgIpc) is 3.37. The molecule has 7 nitrogen and oxygen atoms in total. The lowest BCUT2D eigenvalue weighted by Crippen LogP contribution is -2.32. The number of nitrogens with one attached hydrogen (secondary N) is 1. The smallest absolute Gasteiger partial charge is 0.335 e. The first kappa shape index (κ1) is 20.1. The largest absolute Gasteiger partial charge is 0.478 e. The molecule has 0 radical (unpaired) electrons. The van der Waals surface area contributed by atoms with Gasteiger partial charge in [-0.2, -0.15) is 0 Å². The third-order valence-electron chi connectivity index (χ3n) is 5.05. The van der Waals surface area contributed by atoms with E-state index in [4.69, 9.17) is 21.4 Å². The summed E-state index contributed by atoms with van der Waals surface area (Å²) in [5.74, 6) is 0.331. The van der Waals surface area contributed by atoms with Gasteiger partial charge in [-0.1, -0.05) is 18.2 Å². The maximum atomic E-state index is 11.3. The molecule has 2 N–H and O–H groups in total. The predicted octanol–water partition coefficient (Wildman–Crippen LogP) is 3.66. The van der Waals surface area contributed by atoms with E-state index in [2.05, 4.69) is 10.3 Å². The van der Waals surface area contributed by atoms with Crippen molar-refractivity contribution in [1.29, 1.82) is 0 Å². The molecule has 2 atom stereocenters. The SMILES string of the molecule is COCCN1C(=S)N[C@H](c2ccccn2)[C@@H]1c1ccc(-c2cccc(C(=O)O)c2)o1. The second-order valence-corrected chi connectivity index (χ2v) is 7.29. The number of thiocarbonyl (C=S) groups is 1. The number of rotatable bonds is 7. The maximum Gasteiger partial charge on any atom is 0.335 e. The molecule has 0 aliphatic carbocycles. The van der Waals surface area contributed by atoms with E-state index in [9.17, 15) is 9.90 Å². The summed E-state index contributed by atoms with van der Waals surface area (Å²) < 4.78 is 11.5. The van der Waals surface area contributed by atoms with Gasteiger partial charge in [0.1, 0.15) is 17.6 Å². The average molecular weight is 423 g/mol. The van der Waals surface area contributed by atoms with Crippen LogP contribution in [0.15, 0.2) is 65.2 Å². The molecular weight excluding hydrogens is 402 g/mol. The summed E-state index contributed by atoms with van der Waals surface area (Å²) in [5.41, 5.74) is 1.77. The van der Waals surface area contributed by atoms with Crippen molar-refractivity contribution in [3.05, 3.63) is 77.8 Å². The van der Waals surface area contributed by atoms with Gasteiger partial charge in [0.05, 0.1) is 23.9 Å². The number of benzene rings is 1. The zero-order valence-electron chi connectivity index (χ0n) is 16.3. The van der Waals surface area contributed by atoms with Crippen molar-refractivity contribution in [3.8, 4) is 11.3 Å². The number of carbonyl (C=O) groups is 1.